The molecule has 10 nitrogen and oxygen atoms in total. The van der Waals surface area contributed by atoms with Gasteiger partial charge >= 0.3 is 0 Å². The van der Waals surface area contributed by atoms with Crippen LogP contribution in [0.3, 0.4) is 0 Å². The molecule has 166 valence electrons. The number of ether oxygens (including phenoxy) is 1. The third-order valence-electron chi connectivity index (χ3n) is 4.80. The predicted molar refractivity (Wildman–Crippen MR) is 126 cm³/mol. The molecule has 4 aromatic rings. The van der Waals surface area contributed by atoms with E-state index in [4.69, 9.17) is 9.72 Å². The van der Waals surface area contributed by atoms with Crippen LogP contribution in [-0.4, -0.2) is 42.9 Å². The number of nitrogens with zero attached hydrogens (tertiary/aromatic N) is 5. The Labute approximate surface area is 186 Å². The SMILES string of the molecule is C=C(Nc1nccc2c(-c3nc(Nc4cn(C)nc4OC)ncc3C)c[nH]c12)NC(C)C. The first-order valence-electron chi connectivity index (χ1n) is 10.2. The van der Waals surface area contributed by atoms with Crippen LogP contribution in [0.25, 0.3) is 22.2 Å². The molecule has 0 saturated heterocycles. The van der Waals surface area contributed by atoms with Crippen LogP contribution < -0.4 is 20.7 Å². The van der Waals surface area contributed by atoms with Gasteiger partial charge in [-0.05, 0) is 32.4 Å². The number of methoxy groups -OCH3 is 1. The molecule has 0 spiro atoms. The van der Waals surface area contributed by atoms with Crippen LogP contribution in [-0.2, 0) is 7.05 Å². The van der Waals surface area contributed by atoms with Crippen molar-refractivity contribution in [1.29, 1.82) is 0 Å². The lowest BCUT2D eigenvalue weighted by atomic mass is 10.1. The number of fused-ring (bicyclic) bond motifs is 1. The fourth-order valence-electron chi connectivity index (χ4n) is 3.47. The number of aromatic nitrogens is 6. The highest BCUT2D eigenvalue weighted by Crippen LogP contribution is 2.33. The van der Waals surface area contributed by atoms with E-state index in [0.717, 1.165) is 27.7 Å². The van der Waals surface area contributed by atoms with E-state index < -0.39 is 0 Å². The van der Waals surface area contributed by atoms with Crippen molar-refractivity contribution < 1.29 is 4.74 Å². The van der Waals surface area contributed by atoms with Gasteiger partial charge in [-0.2, -0.15) is 0 Å². The van der Waals surface area contributed by atoms with E-state index in [-0.39, 0.29) is 6.04 Å². The summed E-state index contributed by atoms with van der Waals surface area (Å²) in [5.41, 5.74) is 4.28. The van der Waals surface area contributed by atoms with Crippen LogP contribution in [0.15, 0.2) is 43.3 Å². The van der Waals surface area contributed by atoms with Gasteiger partial charge in [-0.15, -0.1) is 5.10 Å². The van der Waals surface area contributed by atoms with Crippen LogP contribution in [0.1, 0.15) is 19.4 Å². The lowest BCUT2D eigenvalue weighted by molar-refractivity contribution is 0.393. The second kappa shape index (κ2) is 8.58. The zero-order chi connectivity index (χ0) is 22.8. The Morgan fingerprint density at radius 3 is 2.84 bits per heavy atom. The molecule has 0 unspecified atom stereocenters. The zero-order valence-electron chi connectivity index (χ0n) is 18.8. The first-order valence-corrected chi connectivity index (χ1v) is 10.2. The Morgan fingerprint density at radius 1 is 1.28 bits per heavy atom. The van der Waals surface area contributed by atoms with Gasteiger partial charge in [0.2, 0.25) is 5.95 Å². The Balaban J connectivity index is 1.69. The number of H-pyrrole nitrogens is 1. The van der Waals surface area contributed by atoms with Gasteiger partial charge in [-0.1, -0.05) is 6.58 Å². The second-order valence-corrected chi connectivity index (χ2v) is 7.76. The number of hydrogen-bond acceptors (Lipinski definition) is 8. The molecule has 4 N–H and O–H groups in total. The number of anilines is 3. The summed E-state index contributed by atoms with van der Waals surface area (Å²) in [7, 11) is 3.40. The molecule has 4 rings (SSSR count). The molecule has 4 aromatic heterocycles. The number of aromatic amines is 1. The first kappa shape index (κ1) is 21.2. The fourth-order valence-corrected chi connectivity index (χ4v) is 3.47. The van der Waals surface area contributed by atoms with Crippen LogP contribution in [0.2, 0.25) is 0 Å². The van der Waals surface area contributed by atoms with Gasteiger partial charge in [0.25, 0.3) is 5.88 Å². The lowest BCUT2D eigenvalue weighted by Crippen LogP contribution is -2.25. The summed E-state index contributed by atoms with van der Waals surface area (Å²) >= 11 is 0. The lowest BCUT2D eigenvalue weighted by Gasteiger charge is -2.14. The molecule has 10 heteroatoms. The maximum atomic E-state index is 5.31. The number of aryl methyl sites for hydroxylation is 2. The third-order valence-corrected chi connectivity index (χ3v) is 4.80. The van der Waals surface area contributed by atoms with Crippen molar-refractivity contribution in [2.24, 2.45) is 7.05 Å². The molecular formula is C22H27N9O. The van der Waals surface area contributed by atoms with Gasteiger partial charge in [0.05, 0.1) is 30.3 Å². The summed E-state index contributed by atoms with van der Waals surface area (Å²) in [5, 5.41) is 14.9. The minimum absolute atomic E-state index is 0.265. The predicted octanol–water partition coefficient (Wildman–Crippen LogP) is 3.70. The minimum Gasteiger partial charge on any atom is -0.478 e. The normalized spacial score (nSPS) is 11.1. The topological polar surface area (TPSA) is 118 Å². The molecule has 4 heterocycles. The largest absolute Gasteiger partial charge is 0.478 e. The van der Waals surface area contributed by atoms with Crippen LogP contribution >= 0.6 is 0 Å². The molecule has 0 aliphatic heterocycles. The molecule has 0 fully saturated rings. The molecule has 0 aliphatic rings. The fraction of sp³-hybridized carbons (Fsp3) is 0.273. The van der Waals surface area contributed by atoms with Crippen molar-refractivity contribution in [3.8, 4) is 17.1 Å². The average molecular weight is 434 g/mol. The number of nitrogens with one attached hydrogen (secondary N) is 4. The minimum atomic E-state index is 0.265. The van der Waals surface area contributed by atoms with Crippen molar-refractivity contribution in [2.45, 2.75) is 26.8 Å². The number of hydrogen-bond donors (Lipinski definition) is 4. The van der Waals surface area contributed by atoms with Crippen LogP contribution in [0.5, 0.6) is 5.88 Å². The smallest absolute Gasteiger partial charge is 0.256 e. The van der Waals surface area contributed by atoms with Crippen molar-refractivity contribution >= 4 is 28.4 Å². The Bertz CT molecular complexity index is 1270. The van der Waals surface area contributed by atoms with Crippen molar-refractivity contribution in [3.63, 3.8) is 0 Å². The van der Waals surface area contributed by atoms with Crippen LogP contribution in [0.4, 0.5) is 17.5 Å². The number of pyridine rings is 1. The summed E-state index contributed by atoms with van der Waals surface area (Å²) < 4.78 is 6.98. The summed E-state index contributed by atoms with van der Waals surface area (Å²) in [6.07, 6.45) is 7.30. The average Bonchev–Trinajstić information content (AvgIpc) is 3.32. The van der Waals surface area contributed by atoms with Crippen molar-refractivity contribution in [3.05, 3.63) is 48.8 Å². The van der Waals surface area contributed by atoms with Gasteiger partial charge in [-0.25, -0.2) is 15.0 Å². The summed E-state index contributed by atoms with van der Waals surface area (Å²) in [5.74, 6) is 2.30. The monoisotopic (exact) mass is 433 g/mol. The van der Waals surface area contributed by atoms with Gasteiger partial charge in [0, 0.05) is 42.6 Å². The highest BCUT2D eigenvalue weighted by molar-refractivity contribution is 6.00. The summed E-state index contributed by atoms with van der Waals surface area (Å²) in [4.78, 5) is 17.0. The molecule has 0 atom stereocenters. The zero-order valence-corrected chi connectivity index (χ0v) is 18.8. The molecule has 0 radical (unpaired) electrons. The van der Waals surface area contributed by atoms with E-state index in [0.29, 0.717) is 29.2 Å². The first-order chi connectivity index (χ1) is 15.4. The standard InChI is InChI=1S/C22H27N9O/c1-12(2)26-14(4)27-20-19-15(7-8-23-20)16(10-24-19)18-13(3)9-25-22(29-18)28-17-11-31(5)30-21(17)32-6/h7-12,24,26H,4H2,1-3,5-6H3,(H,23,27)(H,25,28,29). The maximum absolute atomic E-state index is 5.31. The number of rotatable bonds is 8. The maximum Gasteiger partial charge on any atom is 0.256 e. The molecule has 32 heavy (non-hydrogen) atoms. The quantitative estimate of drug-likeness (QED) is 0.332. The Morgan fingerprint density at radius 2 is 2.09 bits per heavy atom. The highest BCUT2D eigenvalue weighted by atomic mass is 16.5. The second-order valence-electron chi connectivity index (χ2n) is 7.76. The van der Waals surface area contributed by atoms with E-state index in [1.807, 2.05) is 32.4 Å². The van der Waals surface area contributed by atoms with E-state index in [1.54, 1.807) is 24.2 Å². The molecule has 0 bridgehead atoms. The van der Waals surface area contributed by atoms with E-state index >= 15 is 0 Å². The van der Waals surface area contributed by atoms with Crippen LogP contribution in [0, 0.1) is 6.92 Å². The summed E-state index contributed by atoms with van der Waals surface area (Å²) in [6, 6.07) is 2.23. The van der Waals surface area contributed by atoms with E-state index in [2.05, 4.69) is 56.4 Å². The van der Waals surface area contributed by atoms with Gasteiger partial charge < -0.3 is 25.7 Å². The highest BCUT2D eigenvalue weighted by Gasteiger charge is 2.16. The molecule has 0 aliphatic carbocycles. The van der Waals surface area contributed by atoms with Gasteiger partial charge in [-0.3, -0.25) is 4.68 Å². The van der Waals surface area contributed by atoms with E-state index in [9.17, 15) is 0 Å². The summed E-state index contributed by atoms with van der Waals surface area (Å²) in [6.45, 7) is 10.1. The molecule has 0 aromatic carbocycles. The molecular weight excluding hydrogens is 406 g/mol. The van der Waals surface area contributed by atoms with E-state index in [1.165, 1.54) is 0 Å². The van der Waals surface area contributed by atoms with Gasteiger partial charge in [0.15, 0.2) is 5.82 Å². The molecule has 0 amide bonds. The molecule has 0 saturated carbocycles. The Kier molecular flexibility index (Phi) is 5.67. The van der Waals surface area contributed by atoms with Crippen molar-refractivity contribution in [1.82, 2.24) is 35.0 Å². The van der Waals surface area contributed by atoms with Crippen molar-refractivity contribution in [2.75, 3.05) is 17.7 Å². The Hall–Kier alpha value is -4.08. The van der Waals surface area contributed by atoms with Gasteiger partial charge in [0.1, 0.15) is 5.69 Å². The third kappa shape index (κ3) is 4.20.